The molecule has 0 heterocycles. The molecule has 0 N–H and O–H groups in total. The SMILES string of the molecule is CN(c1ccc(F)cc1)S(=O)(=O)c1ccc(Cl)c(C(=O)OCC(=O)c2ccc(F)c(F)c2)c1. The molecule has 0 saturated heterocycles. The molecule has 0 amide bonds. The highest BCUT2D eigenvalue weighted by atomic mass is 35.5. The van der Waals surface area contributed by atoms with E-state index in [-0.39, 0.29) is 26.7 Å². The number of ketones is 1. The van der Waals surface area contributed by atoms with Crippen molar-refractivity contribution in [2.24, 2.45) is 0 Å². The summed E-state index contributed by atoms with van der Waals surface area (Å²) in [5.74, 6) is -4.83. The van der Waals surface area contributed by atoms with Gasteiger partial charge in [0.1, 0.15) is 5.82 Å². The van der Waals surface area contributed by atoms with Gasteiger partial charge in [0.05, 0.1) is 21.2 Å². The molecule has 0 unspecified atom stereocenters. The number of esters is 1. The van der Waals surface area contributed by atoms with Gasteiger partial charge in [-0.1, -0.05) is 11.6 Å². The lowest BCUT2D eigenvalue weighted by molar-refractivity contribution is 0.0474. The molecule has 11 heteroatoms. The Morgan fingerprint density at radius 3 is 2.24 bits per heavy atom. The Morgan fingerprint density at radius 2 is 1.61 bits per heavy atom. The molecule has 3 aromatic rings. The maximum Gasteiger partial charge on any atom is 0.340 e. The molecule has 3 rings (SSSR count). The monoisotopic (exact) mass is 497 g/mol. The number of Topliss-reactive ketones (excluding diaryl/α,β-unsaturated/α-hetero) is 1. The average molecular weight is 498 g/mol. The van der Waals surface area contributed by atoms with Crippen molar-refractivity contribution in [3.63, 3.8) is 0 Å². The van der Waals surface area contributed by atoms with Gasteiger partial charge in [-0.15, -0.1) is 0 Å². The van der Waals surface area contributed by atoms with Gasteiger partial charge in [0, 0.05) is 12.6 Å². The summed E-state index contributed by atoms with van der Waals surface area (Å²) in [6.45, 7) is -0.813. The van der Waals surface area contributed by atoms with Crippen LogP contribution in [0.15, 0.2) is 65.6 Å². The zero-order valence-corrected chi connectivity index (χ0v) is 18.5. The number of rotatable bonds is 7. The van der Waals surface area contributed by atoms with Crippen LogP contribution in [-0.2, 0) is 14.8 Å². The third-order valence-corrected chi connectivity index (χ3v) is 6.69. The number of carbonyl (C=O) groups is 2. The second-order valence-corrected chi connectivity index (χ2v) is 9.10. The number of carbonyl (C=O) groups excluding carboxylic acids is 2. The average Bonchev–Trinajstić information content (AvgIpc) is 2.79. The Hall–Kier alpha value is -3.37. The van der Waals surface area contributed by atoms with E-state index in [9.17, 15) is 31.2 Å². The summed E-state index contributed by atoms with van der Waals surface area (Å²) in [6.07, 6.45) is 0. The minimum atomic E-state index is -4.16. The fraction of sp³-hybridized carbons (Fsp3) is 0.0909. The van der Waals surface area contributed by atoms with Crippen molar-refractivity contribution in [2.45, 2.75) is 4.90 Å². The zero-order valence-electron chi connectivity index (χ0n) is 16.9. The minimum absolute atomic E-state index is 0.135. The predicted molar refractivity (Wildman–Crippen MR) is 114 cm³/mol. The first-order valence-electron chi connectivity index (χ1n) is 9.20. The van der Waals surface area contributed by atoms with Gasteiger partial charge in [0.25, 0.3) is 10.0 Å². The molecule has 0 atom stereocenters. The maximum atomic E-state index is 13.3. The van der Waals surface area contributed by atoms with E-state index < -0.39 is 45.8 Å². The van der Waals surface area contributed by atoms with Crippen LogP contribution in [0.25, 0.3) is 0 Å². The van der Waals surface area contributed by atoms with Gasteiger partial charge < -0.3 is 4.74 Å². The summed E-state index contributed by atoms with van der Waals surface area (Å²) in [5, 5.41) is -0.135. The summed E-state index contributed by atoms with van der Waals surface area (Å²) in [4.78, 5) is 24.2. The minimum Gasteiger partial charge on any atom is -0.454 e. The van der Waals surface area contributed by atoms with Gasteiger partial charge in [0.15, 0.2) is 24.0 Å². The first-order valence-corrected chi connectivity index (χ1v) is 11.0. The fourth-order valence-electron chi connectivity index (χ4n) is 2.73. The van der Waals surface area contributed by atoms with Crippen LogP contribution in [0, 0.1) is 17.5 Å². The molecule has 0 aliphatic heterocycles. The van der Waals surface area contributed by atoms with Gasteiger partial charge in [0.2, 0.25) is 0 Å². The zero-order chi connectivity index (χ0) is 24.3. The predicted octanol–water partition coefficient (Wildman–Crippen LogP) is 4.62. The summed E-state index contributed by atoms with van der Waals surface area (Å²) >= 11 is 6.00. The number of benzene rings is 3. The van der Waals surface area contributed by atoms with Crippen molar-refractivity contribution in [1.82, 2.24) is 0 Å². The van der Waals surface area contributed by atoms with Crippen LogP contribution < -0.4 is 4.31 Å². The first kappa shape index (κ1) is 24.3. The van der Waals surface area contributed by atoms with Crippen LogP contribution in [-0.4, -0.2) is 33.8 Å². The van der Waals surface area contributed by atoms with E-state index >= 15 is 0 Å². The lowest BCUT2D eigenvalue weighted by Gasteiger charge is -2.20. The first-order chi connectivity index (χ1) is 15.5. The smallest absolute Gasteiger partial charge is 0.340 e. The third kappa shape index (κ3) is 5.35. The molecular weight excluding hydrogens is 483 g/mol. The van der Waals surface area contributed by atoms with Crippen LogP contribution in [0.3, 0.4) is 0 Å². The van der Waals surface area contributed by atoms with Crippen molar-refractivity contribution in [3.8, 4) is 0 Å². The maximum absolute atomic E-state index is 13.3. The number of hydrogen-bond acceptors (Lipinski definition) is 5. The van der Waals surface area contributed by atoms with E-state index in [1.807, 2.05) is 0 Å². The van der Waals surface area contributed by atoms with Crippen molar-refractivity contribution >= 4 is 39.1 Å². The van der Waals surface area contributed by atoms with Crippen LogP contribution >= 0.6 is 11.6 Å². The number of nitrogens with zero attached hydrogens (tertiary/aromatic N) is 1. The fourth-order valence-corrected chi connectivity index (χ4v) is 4.15. The van der Waals surface area contributed by atoms with Crippen LogP contribution in [0.4, 0.5) is 18.9 Å². The molecule has 33 heavy (non-hydrogen) atoms. The molecule has 0 bridgehead atoms. The number of sulfonamides is 1. The number of anilines is 1. The lowest BCUT2D eigenvalue weighted by atomic mass is 10.1. The standard InChI is InChI=1S/C22H15ClF3NO5S/c1-27(15-5-3-14(24)4-6-15)33(30,31)16-7-8-18(23)17(11-16)22(29)32-12-21(28)13-2-9-19(25)20(26)10-13/h2-11H,12H2,1H3. The molecule has 6 nitrogen and oxygen atoms in total. The molecule has 0 aromatic heterocycles. The number of ether oxygens (including phenoxy) is 1. The highest BCUT2D eigenvalue weighted by Crippen LogP contribution is 2.26. The van der Waals surface area contributed by atoms with Crippen molar-refractivity contribution < 1.29 is 35.9 Å². The molecule has 0 spiro atoms. The van der Waals surface area contributed by atoms with Crippen LogP contribution in [0.2, 0.25) is 5.02 Å². The molecular formula is C22H15ClF3NO5S. The summed E-state index contributed by atoms with van der Waals surface area (Å²) in [6, 6.07) is 10.5. The quantitative estimate of drug-likeness (QED) is 0.351. The molecule has 3 aromatic carbocycles. The topological polar surface area (TPSA) is 80.8 Å². The Kier molecular flexibility index (Phi) is 7.09. The Balaban J connectivity index is 1.80. The van der Waals surface area contributed by atoms with Crippen molar-refractivity contribution in [1.29, 1.82) is 0 Å². The van der Waals surface area contributed by atoms with Gasteiger partial charge in [-0.25, -0.2) is 26.4 Å². The summed E-state index contributed by atoms with van der Waals surface area (Å²) < 4.78 is 71.1. The molecule has 0 aliphatic carbocycles. The molecule has 172 valence electrons. The van der Waals surface area contributed by atoms with Gasteiger partial charge in [-0.3, -0.25) is 9.10 Å². The van der Waals surface area contributed by atoms with E-state index in [0.717, 1.165) is 34.6 Å². The van der Waals surface area contributed by atoms with E-state index in [1.165, 1.54) is 31.3 Å². The highest BCUT2D eigenvalue weighted by Gasteiger charge is 2.25. The number of halogens is 4. The van der Waals surface area contributed by atoms with Gasteiger partial charge in [-0.2, -0.15) is 0 Å². The largest absolute Gasteiger partial charge is 0.454 e. The van der Waals surface area contributed by atoms with Gasteiger partial charge >= 0.3 is 5.97 Å². The van der Waals surface area contributed by atoms with E-state index in [1.54, 1.807) is 0 Å². The van der Waals surface area contributed by atoms with Crippen molar-refractivity contribution in [2.75, 3.05) is 18.0 Å². The summed E-state index contributed by atoms with van der Waals surface area (Å²) in [5.41, 5.74) is -0.374. The van der Waals surface area contributed by atoms with E-state index in [2.05, 4.69) is 0 Å². The molecule has 0 radical (unpaired) electrons. The second kappa shape index (κ2) is 9.63. The summed E-state index contributed by atoms with van der Waals surface area (Å²) in [7, 11) is -2.91. The third-order valence-electron chi connectivity index (χ3n) is 4.58. The van der Waals surface area contributed by atoms with Gasteiger partial charge in [-0.05, 0) is 60.7 Å². The van der Waals surface area contributed by atoms with Crippen LogP contribution in [0.5, 0.6) is 0 Å². The Labute approximate surface area is 192 Å². The Morgan fingerprint density at radius 1 is 0.939 bits per heavy atom. The normalized spacial score (nSPS) is 11.2. The van der Waals surface area contributed by atoms with E-state index in [4.69, 9.17) is 16.3 Å². The van der Waals surface area contributed by atoms with E-state index in [0.29, 0.717) is 6.07 Å². The molecule has 0 fully saturated rings. The van der Waals surface area contributed by atoms with Crippen LogP contribution in [0.1, 0.15) is 20.7 Å². The van der Waals surface area contributed by atoms with Crippen molar-refractivity contribution in [3.05, 3.63) is 94.3 Å². The number of hydrogen-bond donors (Lipinski definition) is 0. The lowest BCUT2D eigenvalue weighted by Crippen LogP contribution is -2.27. The molecule has 0 saturated carbocycles. The molecule has 0 aliphatic rings. The Bertz CT molecular complexity index is 1330. The highest BCUT2D eigenvalue weighted by molar-refractivity contribution is 7.92. The second-order valence-electron chi connectivity index (χ2n) is 6.72.